The third-order valence-electron chi connectivity index (χ3n) is 3.22. The Hall–Kier alpha value is -2.30. The molecule has 0 fully saturated rings. The Morgan fingerprint density at radius 2 is 1.67 bits per heavy atom. The topological polar surface area (TPSA) is 75.9 Å². The minimum absolute atomic E-state index is 0.270. The molecule has 2 rings (SSSR count). The van der Waals surface area contributed by atoms with Crippen molar-refractivity contribution in [2.24, 2.45) is 0 Å². The second kappa shape index (κ2) is 6.92. The summed E-state index contributed by atoms with van der Waals surface area (Å²) in [5.74, 6) is 2.29. The van der Waals surface area contributed by atoms with Crippen LogP contribution >= 0.6 is 0 Å². The van der Waals surface area contributed by atoms with Gasteiger partial charge in [-0.1, -0.05) is 38.1 Å². The maximum absolute atomic E-state index is 5.71. The van der Waals surface area contributed by atoms with Crippen LogP contribution < -0.4 is 16.4 Å². The quantitative estimate of drug-likeness (QED) is 0.759. The van der Waals surface area contributed by atoms with E-state index in [0.29, 0.717) is 12.5 Å². The lowest BCUT2D eigenvalue weighted by Gasteiger charge is -2.10. The number of aromatic nitrogens is 2. The molecule has 0 bridgehead atoms. The fourth-order valence-electron chi connectivity index (χ4n) is 2.04. The molecule has 0 radical (unpaired) electrons. The molecular formula is C16H23N5. The number of benzene rings is 1. The van der Waals surface area contributed by atoms with Gasteiger partial charge in [0.25, 0.3) is 0 Å². The van der Waals surface area contributed by atoms with Crippen molar-refractivity contribution in [3.8, 4) is 0 Å². The van der Waals surface area contributed by atoms with E-state index < -0.39 is 0 Å². The van der Waals surface area contributed by atoms with E-state index in [4.69, 9.17) is 5.73 Å². The molecule has 0 aliphatic rings. The van der Waals surface area contributed by atoms with Crippen LogP contribution in [0, 0.1) is 0 Å². The van der Waals surface area contributed by atoms with E-state index in [0.717, 1.165) is 18.2 Å². The summed E-state index contributed by atoms with van der Waals surface area (Å²) in [5.41, 5.74) is 8.27. The van der Waals surface area contributed by atoms with Gasteiger partial charge in [0.1, 0.15) is 11.6 Å². The summed E-state index contributed by atoms with van der Waals surface area (Å²) in [7, 11) is 0. The van der Waals surface area contributed by atoms with Crippen molar-refractivity contribution in [3.05, 3.63) is 41.5 Å². The van der Waals surface area contributed by atoms with Gasteiger partial charge < -0.3 is 16.4 Å². The van der Waals surface area contributed by atoms with Crippen LogP contribution in [-0.2, 0) is 6.54 Å². The molecule has 112 valence electrons. The van der Waals surface area contributed by atoms with Gasteiger partial charge in [0.2, 0.25) is 5.95 Å². The van der Waals surface area contributed by atoms with E-state index in [9.17, 15) is 0 Å². The molecule has 0 aliphatic heterocycles. The smallest absolute Gasteiger partial charge is 0.223 e. The molecule has 0 aliphatic carbocycles. The van der Waals surface area contributed by atoms with Gasteiger partial charge in [0.15, 0.2) is 0 Å². The number of hydrogen-bond donors (Lipinski definition) is 3. The standard InChI is InChI=1S/C16H23N5/c1-4-18-14-9-15(21-16(17)20-14)19-10-12-5-7-13(8-6-12)11(2)3/h5-9,11H,4,10H2,1-3H3,(H4,17,18,19,20,21). The zero-order chi connectivity index (χ0) is 15.2. The van der Waals surface area contributed by atoms with Gasteiger partial charge in [-0.15, -0.1) is 0 Å². The lowest BCUT2D eigenvalue weighted by molar-refractivity contribution is 0.865. The number of nitrogens with zero attached hydrogens (tertiary/aromatic N) is 2. The van der Waals surface area contributed by atoms with E-state index in [2.05, 4.69) is 58.7 Å². The summed E-state index contributed by atoms with van der Waals surface area (Å²) < 4.78 is 0. The summed E-state index contributed by atoms with van der Waals surface area (Å²) in [5, 5.41) is 6.41. The molecule has 1 aromatic carbocycles. The summed E-state index contributed by atoms with van der Waals surface area (Å²) in [6.07, 6.45) is 0. The Balaban J connectivity index is 2.02. The molecule has 0 spiro atoms. The van der Waals surface area contributed by atoms with Crippen molar-refractivity contribution >= 4 is 17.6 Å². The third-order valence-corrected chi connectivity index (χ3v) is 3.22. The molecule has 0 amide bonds. The molecule has 0 saturated carbocycles. The van der Waals surface area contributed by atoms with Crippen molar-refractivity contribution in [1.29, 1.82) is 0 Å². The molecule has 4 N–H and O–H groups in total. The Morgan fingerprint density at radius 3 is 2.24 bits per heavy atom. The second-order valence-corrected chi connectivity index (χ2v) is 5.28. The molecule has 1 heterocycles. The molecule has 5 nitrogen and oxygen atoms in total. The Kier molecular flexibility index (Phi) is 4.98. The third kappa shape index (κ3) is 4.34. The van der Waals surface area contributed by atoms with Crippen molar-refractivity contribution in [2.45, 2.75) is 33.2 Å². The zero-order valence-electron chi connectivity index (χ0n) is 12.9. The maximum atomic E-state index is 5.71. The van der Waals surface area contributed by atoms with Crippen molar-refractivity contribution < 1.29 is 0 Å². The highest BCUT2D eigenvalue weighted by molar-refractivity contribution is 5.51. The average molecular weight is 285 g/mol. The van der Waals surface area contributed by atoms with Crippen molar-refractivity contribution in [3.63, 3.8) is 0 Å². The van der Waals surface area contributed by atoms with Crippen LogP contribution in [0.4, 0.5) is 17.6 Å². The maximum Gasteiger partial charge on any atom is 0.223 e. The van der Waals surface area contributed by atoms with Crippen molar-refractivity contribution in [1.82, 2.24) is 9.97 Å². The molecular weight excluding hydrogens is 262 g/mol. The van der Waals surface area contributed by atoms with Crippen LogP contribution in [0.3, 0.4) is 0 Å². The number of nitrogen functional groups attached to an aromatic ring is 1. The molecule has 21 heavy (non-hydrogen) atoms. The zero-order valence-corrected chi connectivity index (χ0v) is 12.9. The van der Waals surface area contributed by atoms with Crippen LogP contribution in [0.2, 0.25) is 0 Å². The fraction of sp³-hybridized carbons (Fsp3) is 0.375. The second-order valence-electron chi connectivity index (χ2n) is 5.28. The Labute approximate surface area is 126 Å². The van der Waals surface area contributed by atoms with Gasteiger partial charge in [-0.2, -0.15) is 9.97 Å². The first kappa shape index (κ1) is 15.1. The van der Waals surface area contributed by atoms with Crippen LogP contribution in [0.5, 0.6) is 0 Å². The molecule has 1 aromatic heterocycles. The van der Waals surface area contributed by atoms with Crippen LogP contribution in [0.15, 0.2) is 30.3 Å². The van der Waals surface area contributed by atoms with Gasteiger partial charge in [-0.25, -0.2) is 0 Å². The highest BCUT2D eigenvalue weighted by Crippen LogP contribution is 2.16. The van der Waals surface area contributed by atoms with Crippen LogP contribution in [0.25, 0.3) is 0 Å². The lowest BCUT2D eigenvalue weighted by atomic mass is 10.0. The fourth-order valence-corrected chi connectivity index (χ4v) is 2.04. The van der Waals surface area contributed by atoms with E-state index in [1.807, 2.05) is 13.0 Å². The Morgan fingerprint density at radius 1 is 1.05 bits per heavy atom. The summed E-state index contributed by atoms with van der Waals surface area (Å²) in [4.78, 5) is 8.32. The first-order valence-corrected chi connectivity index (χ1v) is 7.29. The summed E-state index contributed by atoms with van der Waals surface area (Å²) in [6, 6.07) is 10.5. The average Bonchev–Trinajstić information content (AvgIpc) is 2.45. The highest BCUT2D eigenvalue weighted by atomic mass is 15.1. The van der Waals surface area contributed by atoms with Crippen LogP contribution in [-0.4, -0.2) is 16.5 Å². The number of nitrogens with two attached hydrogens (primary N) is 1. The largest absolute Gasteiger partial charge is 0.370 e. The minimum Gasteiger partial charge on any atom is -0.370 e. The normalized spacial score (nSPS) is 10.7. The SMILES string of the molecule is CCNc1cc(NCc2ccc(C(C)C)cc2)nc(N)n1. The summed E-state index contributed by atoms with van der Waals surface area (Å²) in [6.45, 7) is 7.91. The Bertz CT molecular complexity index is 578. The summed E-state index contributed by atoms with van der Waals surface area (Å²) >= 11 is 0. The first-order chi connectivity index (χ1) is 10.1. The number of rotatable bonds is 6. The van der Waals surface area contributed by atoms with Crippen LogP contribution in [0.1, 0.15) is 37.8 Å². The lowest BCUT2D eigenvalue weighted by Crippen LogP contribution is -2.07. The number of hydrogen-bond acceptors (Lipinski definition) is 5. The van der Waals surface area contributed by atoms with Crippen molar-refractivity contribution in [2.75, 3.05) is 22.9 Å². The predicted octanol–water partition coefficient (Wildman–Crippen LogP) is 3.23. The van der Waals surface area contributed by atoms with Gasteiger partial charge in [-0.05, 0) is 24.0 Å². The van der Waals surface area contributed by atoms with E-state index in [1.165, 1.54) is 11.1 Å². The predicted molar refractivity (Wildman–Crippen MR) is 88.5 cm³/mol. The molecule has 5 heteroatoms. The van der Waals surface area contributed by atoms with Gasteiger partial charge in [0.05, 0.1) is 0 Å². The molecule has 0 unspecified atom stereocenters. The molecule has 2 aromatic rings. The number of nitrogens with one attached hydrogen (secondary N) is 2. The van der Waals surface area contributed by atoms with Gasteiger partial charge in [0, 0.05) is 19.2 Å². The molecule has 0 saturated heterocycles. The van der Waals surface area contributed by atoms with E-state index in [1.54, 1.807) is 0 Å². The number of anilines is 3. The van der Waals surface area contributed by atoms with E-state index in [-0.39, 0.29) is 5.95 Å². The molecule has 0 atom stereocenters. The van der Waals surface area contributed by atoms with Gasteiger partial charge >= 0.3 is 0 Å². The van der Waals surface area contributed by atoms with Gasteiger partial charge in [-0.3, -0.25) is 0 Å². The first-order valence-electron chi connectivity index (χ1n) is 7.29. The minimum atomic E-state index is 0.270. The van der Waals surface area contributed by atoms with E-state index >= 15 is 0 Å². The highest BCUT2D eigenvalue weighted by Gasteiger charge is 2.03. The monoisotopic (exact) mass is 285 g/mol.